The number of carbonyl (C=O) groups excluding carboxylic acids is 2. The topological polar surface area (TPSA) is 55.0 Å². The summed E-state index contributed by atoms with van der Waals surface area (Å²) in [7, 11) is 0. The van der Waals surface area contributed by atoms with Crippen molar-refractivity contribution < 1.29 is 19.4 Å². The van der Waals surface area contributed by atoms with Gasteiger partial charge in [0.15, 0.2) is 11.8 Å². The number of anilines is 1. The van der Waals surface area contributed by atoms with Crippen molar-refractivity contribution in [3.63, 3.8) is 0 Å². The fraction of sp³-hybridized carbons (Fsp3) is 0.391. The van der Waals surface area contributed by atoms with E-state index in [1.807, 2.05) is 13.0 Å². The third-order valence-electron chi connectivity index (χ3n) is 5.84. The third kappa shape index (κ3) is 5.06. The zero-order chi connectivity index (χ0) is 20.1. The molecule has 0 bridgehead atoms. The Hall–Kier alpha value is -2.50. The Labute approximate surface area is 167 Å². The van der Waals surface area contributed by atoms with Crippen LogP contribution < -0.4 is 15.1 Å². The summed E-state index contributed by atoms with van der Waals surface area (Å²) >= 11 is 0. The van der Waals surface area contributed by atoms with Crippen molar-refractivity contribution in [1.29, 1.82) is 0 Å². The van der Waals surface area contributed by atoms with Crippen molar-refractivity contribution in [2.75, 3.05) is 31.5 Å². The Morgan fingerprint density at radius 2 is 1.75 bits per heavy atom. The normalized spacial score (nSPS) is 20.4. The monoisotopic (exact) mass is 381 g/mol. The number of Topliss-reactive ketones (excluding diaryl/α,β-unsaturated/α-hetero) is 1. The second-order valence-electron chi connectivity index (χ2n) is 7.86. The number of aryl methyl sites for hydroxylation is 1. The highest BCUT2D eigenvalue weighted by molar-refractivity contribution is 5.97. The molecule has 1 atom stereocenters. The molecule has 1 fully saturated rings. The number of hydrogen-bond donors (Lipinski definition) is 3. The average molecular weight is 382 g/mol. The molecule has 5 nitrogen and oxygen atoms in total. The van der Waals surface area contributed by atoms with E-state index in [1.54, 1.807) is 23.1 Å². The minimum Gasteiger partial charge on any atom is -0.322 e. The van der Waals surface area contributed by atoms with Gasteiger partial charge in [0.2, 0.25) is 0 Å². The summed E-state index contributed by atoms with van der Waals surface area (Å²) in [5.74, 6) is 0.0144. The smallest absolute Gasteiger partial charge is 0.282 e. The molecule has 28 heavy (non-hydrogen) atoms. The fourth-order valence-corrected chi connectivity index (χ4v) is 3.86. The first kappa shape index (κ1) is 20.2. The van der Waals surface area contributed by atoms with Crippen LogP contribution in [0.25, 0.3) is 0 Å². The van der Waals surface area contributed by atoms with E-state index in [1.165, 1.54) is 23.0 Å². The van der Waals surface area contributed by atoms with E-state index in [9.17, 15) is 9.59 Å². The second-order valence-corrected chi connectivity index (χ2v) is 7.86. The molecule has 0 unspecified atom stereocenters. The zero-order valence-corrected chi connectivity index (χ0v) is 17.0. The number of benzene rings is 2. The van der Waals surface area contributed by atoms with Crippen LogP contribution in [0.3, 0.4) is 0 Å². The molecule has 3 rings (SSSR count). The molecule has 0 aromatic heterocycles. The molecule has 1 aliphatic heterocycles. The number of rotatable bonds is 6. The van der Waals surface area contributed by atoms with E-state index in [-0.39, 0.29) is 17.7 Å². The number of quaternary nitrogens is 2. The van der Waals surface area contributed by atoms with Crippen LogP contribution in [0.1, 0.15) is 35.3 Å². The molecule has 148 valence electrons. The van der Waals surface area contributed by atoms with Crippen molar-refractivity contribution >= 4 is 17.4 Å². The highest BCUT2D eigenvalue weighted by Gasteiger charge is 2.31. The fourth-order valence-electron chi connectivity index (χ4n) is 3.86. The lowest BCUT2D eigenvalue weighted by atomic mass is 10.1. The molecule has 1 amide bonds. The number of carbonyl (C=O) groups is 2. The number of hydrogen-bond acceptors (Lipinski definition) is 2. The van der Waals surface area contributed by atoms with E-state index in [0.717, 1.165) is 32.7 Å². The van der Waals surface area contributed by atoms with Gasteiger partial charge in [0.05, 0.1) is 0 Å². The number of ketones is 1. The first-order valence-corrected chi connectivity index (χ1v) is 10.1. The SMILES string of the molecule is CC(=O)c1cccc(NC(=O)[C@H](C)[NH+]2CC[NH+](Cc3ccccc3C)CC2)c1. The molecular formula is C23H31N3O2+2. The van der Waals surface area contributed by atoms with Gasteiger partial charge in [0.25, 0.3) is 5.91 Å². The minimum atomic E-state index is -0.110. The van der Waals surface area contributed by atoms with Crippen LogP contribution in [0.15, 0.2) is 48.5 Å². The minimum absolute atomic E-state index is 0.00234. The van der Waals surface area contributed by atoms with Gasteiger partial charge in [0, 0.05) is 16.8 Å². The molecule has 5 heteroatoms. The van der Waals surface area contributed by atoms with Gasteiger partial charge in [-0.2, -0.15) is 0 Å². The summed E-state index contributed by atoms with van der Waals surface area (Å²) in [5.41, 5.74) is 4.07. The average Bonchev–Trinajstić information content (AvgIpc) is 2.70. The molecule has 2 aromatic rings. The van der Waals surface area contributed by atoms with Crippen LogP contribution in [0, 0.1) is 6.92 Å². The summed E-state index contributed by atoms with van der Waals surface area (Å²) in [4.78, 5) is 27.1. The van der Waals surface area contributed by atoms with Crippen LogP contribution >= 0.6 is 0 Å². The lowest BCUT2D eigenvalue weighted by Crippen LogP contribution is -3.29. The Balaban J connectivity index is 1.52. The predicted octanol–water partition coefficient (Wildman–Crippen LogP) is 0.508. The van der Waals surface area contributed by atoms with Gasteiger partial charge in [-0.1, -0.05) is 36.4 Å². The van der Waals surface area contributed by atoms with Gasteiger partial charge in [0.1, 0.15) is 32.7 Å². The van der Waals surface area contributed by atoms with Crippen molar-refractivity contribution in [2.45, 2.75) is 33.4 Å². The van der Waals surface area contributed by atoms with E-state index < -0.39 is 0 Å². The van der Waals surface area contributed by atoms with Crippen LogP contribution in [-0.2, 0) is 11.3 Å². The maximum absolute atomic E-state index is 12.7. The first-order chi connectivity index (χ1) is 13.4. The van der Waals surface area contributed by atoms with Crippen molar-refractivity contribution in [2.24, 2.45) is 0 Å². The molecule has 1 saturated heterocycles. The van der Waals surface area contributed by atoms with Gasteiger partial charge < -0.3 is 15.1 Å². The van der Waals surface area contributed by atoms with E-state index in [2.05, 4.69) is 36.5 Å². The molecular weight excluding hydrogens is 350 g/mol. The van der Waals surface area contributed by atoms with Gasteiger partial charge in [-0.3, -0.25) is 9.59 Å². The Bertz CT molecular complexity index is 841. The number of amides is 1. The summed E-state index contributed by atoms with van der Waals surface area (Å²) < 4.78 is 0. The lowest BCUT2D eigenvalue weighted by Gasteiger charge is -2.32. The summed E-state index contributed by atoms with van der Waals surface area (Å²) in [5, 5.41) is 2.97. The van der Waals surface area contributed by atoms with Crippen LogP contribution in [0.4, 0.5) is 5.69 Å². The Morgan fingerprint density at radius 1 is 1.04 bits per heavy atom. The van der Waals surface area contributed by atoms with Crippen LogP contribution in [-0.4, -0.2) is 43.9 Å². The van der Waals surface area contributed by atoms with Gasteiger partial charge in [-0.25, -0.2) is 0 Å². The molecule has 3 N–H and O–H groups in total. The largest absolute Gasteiger partial charge is 0.322 e. The highest BCUT2D eigenvalue weighted by atomic mass is 16.2. The molecule has 0 saturated carbocycles. The zero-order valence-electron chi connectivity index (χ0n) is 17.0. The standard InChI is InChI=1S/C23H29N3O2/c1-17-7-4-5-8-21(17)16-25-11-13-26(14-12-25)18(2)23(28)24-22-10-6-9-20(15-22)19(3)27/h4-10,15,18H,11-14,16H2,1-3H3,(H,24,28)/p+2/t18-/m0/s1. The predicted molar refractivity (Wildman–Crippen MR) is 111 cm³/mol. The van der Waals surface area contributed by atoms with Crippen molar-refractivity contribution in [3.8, 4) is 0 Å². The van der Waals surface area contributed by atoms with E-state index in [4.69, 9.17) is 0 Å². The van der Waals surface area contributed by atoms with Crippen molar-refractivity contribution in [3.05, 3.63) is 65.2 Å². The van der Waals surface area contributed by atoms with Gasteiger partial charge >= 0.3 is 0 Å². The molecule has 1 aliphatic rings. The summed E-state index contributed by atoms with van der Waals surface area (Å²) in [6.45, 7) is 10.9. The van der Waals surface area contributed by atoms with Gasteiger partial charge in [-0.15, -0.1) is 0 Å². The first-order valence-electron chi connectivity index (χ1n) is 10.1. The third-order valence-corrected chi connectivity index (χ3v) is 5.84. The summed E-state index contributed by atoms with van der Waals surface area (Å²) in [6.07, 6.45) is 0. The second kappa shape index (κ2) is 9.13. The van der Waals surface area contributed by atoms with Crippen LogP contribution in [0.5, 0.6) is 0 Å². The lowest BCUT2D eigenvalue weighted by molar-refractivity contribution is -1.02. The Kier molecular flexibility index (Phi) is 6.60. The van der Waals surface area contributed by atoms with Crippen LogP contribution in [0.2, 0.25) is 0 Å². The van der Waals surface area contributed by atoms with Gasteiger partial charge in [-0.05, 0) is 38.5 Å². The molecule has 0 aliphatic carbocycles. The highest BCUT2D eigenvalue weighted by Crippen LogP contribution is 2.11. The quantitative estimate of drug-likeness (QED) is 0.639. The molecule has 0 radical (unpaired) electrons. The molecule has 1 heterocycles. The van der Waals surface area contributed by atoms with Crippen molar-refractivity contribution in [1.82, 2.24) is 0 Å². The van der Waals surface area contributed by atoms with E-state index in [0.29, 0.717) is 11.3 Å². The number of nitrogens with one attached hydrogen (secondary N) is 3. The number of piperazine rings is 1. The molecule has 2 aromatic carbocycles. The maximum atomic E-state index is 12.7. The Morgan fingerprint density at radius 3 is 2.43 bits per heavy atom. The maximum Gasteiger partial charge on any atom is 0.282 e. The summed E-state index contributed by atoms with van der Waals surface area (Å²) in [6, 6.07) is 15.6. The molecule has 0 spiro atoms. The van der Waals surface area contributed by atoms with E-state index >= 15 is 0 Å².